The molecule has 1 amide bonds. The Hall–Kier alpha value is -3.15. The van der Waals surface area contributed by atoms with Crippen LogP contribution in [-0.4, -0.2) is 42.6 Å². The van der Waals surface area contributed by atoms with E-state index in [-0.39, 0.29) is 24.1 Å². The lowest BCUT2D eigenvalue weighted by molar-refractivity contribution is 0.0953. The van der Waals surface area contributed by atoms with Crippen molar-refractivity contribution < 1.29 is 14.3 Å². The SMILES string of the molecule is CCOc1cc2c(cc1C(=O)NC)C(=N)N(CC(=O)c1ccc3c(c1)CCCC3)C2. The third kappa shape index (κ3) is 3.70. The van der Waals surface area contributed by atoms with Crippen molar-refractivity contribution in [3.63, 3.8) is 0 Å². The number of ketones is 1. The van der Waals surface area contributed by atoms with Crippen molar-refractivity contribution >= 4 is 17.5 Å². The van der Waals surface area contributed by atoms with Gasteiger partial charge in [0, 0.05) is 24.7 Å². The van der Waals surface area contributed by atoms with Crippen LogP contribution >= 0.6 is 0 Å². The zero-order valence-electron chi connectivity index (χ0n) is 17.5. The molecule has 156 valence electrons. The van der Waals surface area contributed by atoms with E-state index in [9.17, 15) is 9.59 Å². The molecule has 0 bridgehead atoms. The fraction of sp³-hybridized carbons (Fsp3) is 0.375. The van der Waals surface area contributed by atoms with E-state index in [2.05, 4.69) is 11.4 Å². The molecule has 0 saturated carbocycles. The number of amidine groups is 1. The van der Waals surface area contributed by atoms with E-state index < -0.39 is 0 Å². The number of Topliss-reactive ketones (excluding diaryl/α,β-unsaturated/α-hetero) is 1. The number of aryl methyl sites for hydroxylation is 2. The Balaban J connectivity index is 1.55. The molecule has 0 fully saturated rings. The maximum Gasteiger partial charge on any atom is 0.254 e. The third-order valence-corrected chi connectivity index (χ3v) is 5.91. The summed E-state index contributed by atoms with van der Waals surface area (Å²) in [6, 6.07) is 9.54. The topological polar surface area (TPSA) is 82.5 Å². The smallest absolute Gasteiger partial charge is 0.254 e. The molecule has 1 aliphatic heterocycles. The second-order valence-corrected chi connectivity index (χ2v) is 7.84. The number of nitrogens with zero attached hydrogens (tertiary/aromatic N) is 1. The Kier molecular flexibility index (Phi) is 5.57. The minimum Gasteiger partial charge on any atom is -0.493 e. The molecule has 30 heavy (non-hydrogen) atoms. The van der Waals surface area contributed by atoms with E-state index >= 15 is 0 Å². The van der Waals surface area contributed by atoms with Crippen LogP contribution in [0.4, 0.5) is 0 Å². The number of amides is 1. The van der Waals surface area contributed by atoms with Gasteiger partial charge in [-0.3, -0.25) is 15.0 Å². The largest absolute Gasteiger partial charge is 0.493 e. The minimum absolute atomic E-state index is 0.0116. The van der Waals surface area contributed by atoms with Crippen LogP contribution in [-0.2, 0) is 19.4 Å². The number of carbonyl (C=O) groups excluding carboxylic acids is 2. The second-order valence-electron chi connectivity index (χ2n) is 7.84. The average Bonchev–Trinajstić information content (AvgIpc) is 3.06. The van der Waals surface area contributed by atoms with E-state index in [1.165, 1.54) is 24.0 Å². The molecule has 0 atom stereocenters. The van der Waals surface area contributed by atoms with Crippen LogP contribution in [0.3, 0.4) is 0 Å². The molecule has 6 nitrogen and oxygen atoms in total. The summed E-state index contributed by atoms with van der Waals surface area (Å²) < 4.78 is 5.64. The Bertz CT molecular complexity index is 1030. The quantitative estimate of drug-likeness (QED) is 0.722. The number of fused-ring (bicyclic) bond motifs is 2. The minimum atomic E-state index is -0.252. The highest BCUT2D eigenvalue weighted by atomic mass is 16.5. The maximum absolute atomic E-state index is 12.9. The summed E-state index contributed by atoms with van der Waals surface area (Å²) in [4.78, 5) is 27.0. The summed E-state index contributed by atoms with van der Waals surface area (Å²) in [6.07, 6.45) is 4.51. The molecule has 0 saturated heterocycles. The number of nitrogens with one attached hydrogen (secondary N) is 2. The molecule has 2 aliphatic rings. The highest BCUT2D eigenvalue weighted by molar-refractivity contribution is 6.07. The molecule has 2 aromatic carbocycles. The van der Waals surface area contributed by atoms with Gasteiger partial charge in [-0.1, -0.05) is 12.1 Å². The number of hydrogen-bond acceptors (Lipinski definition) is 4. The van der Waals surface area contributed by atoms with Crippen molar-refractivity contribution in [2.75, 3.05) is 20.2 Å². The summed E-state index contributed by atoms with van der Waals surface area (Å²) in [5.41, 5.74) is 5.32. The monoisotopic (exact) mass is 405 g/mol. The first kappa shape index (κ1) is 20.1. The van der Waals surface area contributed by atoms with Crippen molar-refractivity contribution in [1.29, 1.82) is 5.41 Å². The summed E-state index contributed by atoms with van der Waals surface area (Å²) in [6.45, 7) is 2.91. The van der Waals surface area contributed by atoms with E-state index in [0.717, 1.165) is 18.4 Å². The van der Waals surface area contributed by atoms with Gasteiger partial charge in [-0.2, -0.15) is 0 Å². The van der Waals surface area contributed by atoms with Gasteiger partial charge < -0.3 is 15.0 Å². The third-order valence-electron chi connectivity index (χ3n) is 5.91. The van der Waals surface area contributed by atoms with E-state index in [1.807, 2.05) is 25.1 Å². The molecule has 1 heterocycles. The Morgan fingerprint density at radius 3 is 2.60 bits per heavy atom. The van der Waals surface area contributed by atoms with Crippen LogP contribution in [0.15, 0.2) is 30.3 Å². The van der Waals surface area contributed by atoms with E-state index in [0.29, 0.717) is 35.6 Å². The summed E-state index contributed by atoms with van der Waals surface area (Å²) in [5, 5.41) is 11.2. The Morgan fingerprint density at radius 2 is 1.87 bits per heavy atom. The highest BCUT2D eigenvalue weighted by Gasteiger charge is 2.29. The summed E-state index contributed by atoms with van der Waals surface area (Å²) in [5.74, 6) is 0.533. The number of benzene rings is 2. The lowest BCUT2D eigenvalue weighted by Gasteiger charge is -2.19. The molecule has 0 aromatic heterocycles. The number of hydrogen-bond donors (Lipinski definition) is 2. The van der Waals surface area contributed by atoms with Gasteiger partial charge in [-0.15, -0.1) is 0 Å². The molecule has 0 radical (unpaired) electrons. The molecule has 0 unspecified atom stereocenters. The van der Waals surface area contributed by atoms with Gasteiger partial charge in [0.2, 0.25) is 0 Å². The van der Waals surface area contributed by atoms with Gasteiger partial charge in [-0.05, 0) is 67.5 Å². The average molecular weight is 405 g/mol. The number of rotatable bonds is 6. The van der Waals surface area contributed by atoms with Gasteiger partial charge in [0.05, 0.1) is 18.7 Å². The molecule has 4 rings (SSSR count). The molecule has 2 N–H and O–H groups in total. The van der Waals surface area contributed by atoms with Crippen molar-refractivity contribution in [3.8, 4) is 5.75 Å². The van der Waals surface area contributed by atoms with E-state index in [4.69, 9.17) is 10.1 Å². The van der Waals surface area contributed by atoms with Crippen molar-refractivity contribution in [1.82, 2.24) is 10.2 Å². The molecular weight excluding hydrogens is 378 g/mol. The van der Waals surface area contributed by atoms with Gasteiger partial charge in [0.1, 0.15) is 11.6 Å². The van der Waals surface area contributed by atoms with E-state index in [1.54, 1.807) is 18.0 Å². The zero-order chi connectivity index (χ0) is 21.3. The fourth-order valence-electron chi connectivity index (χ4n) is 4.32. The fourth-order valence-corrected chi connectivity index (χ4v) is 4.32. The van der Waals surface area contributed by atoms with Crippen LogP contribution in [0.1, 0.15) is 62.7 Å². The summed E-state index contributed by atoms with van der Waals surface area (Å²) in [7, 11) is 1.57. The normalized spacial score (nSPS) is 14.9. The van der Waals surface area contributed by atoms with Crippen molar-refractivity contribution in [2.24, 2.45) is 0 Å². The lowest BCUT2D eigenvalue weighted by atomic mass is 9.90. The second kappa shape index (κ2) is 8.30. The number of carbonyl (C=O) groups is 2. The first-order valence-electron chi connectivity index (χ1n) is 10.5. The number of ether oxygens (including phenoxy) is 1. The van der Waals surface area contributed by atoms with Crippen LogP contribution < -0.4 is 10.1 Å². The predicted molar refractivity (Wildman–Crippen MR) is 116 cm³/mol. The van der Waals surface area contributed by atoms with Crippen LogP contribution in [0.5, 0.6) is 5.75 Å². The molecule has 2 aromatic rings. The van der Waals surface area contributed by atoms with Gasteiger partial charge >= 0.3 is 0 Å². The first-order valence-corrected chi connectivity index (χ1v) is 10.5. The van der Waals surface area contributed by atoms with Crippen molar-refractivity contribution in [3.05, 3.63) is 63.7 Å². The standard InChI is InChI=1S/C24H27N3O3/c1-3-30-22-11-18-13-27(23(25)19(18)12-20(22)24(29)26-2)14-21(28)17-9-8-15-6-4-5-7-16(15)10-17/h8-12,25H,3-7,13-14H2,1-2H3,(H,26,29). The maximum atomic E-state index is 12.9. The van der Waals surface area contributed by atoms with Crippen molar-refractivity contribution in [2.45, 2.75) is 39.2 Å². The zero-order valence-corrected chi connectivity index (χ0v) is 17.5. The first-order chi connectivity index (χ1) is 14.5. The predicted octanol–water partition coefficient (Wildman–Crippen LogP) is 3.35. The molecule has 6 heteroatoms. The summed E-state index contributed by atoms with van der Waals surface area (Å²) >= 11 is 0. The Labute approximate surface area is 176 Å². The van der Waals surface area contributed by atoms with Gasteiger partial charge in [0.15, 0.2) is 5.78 Å². The molecule has 1 aliphatic carbocycles. The van der Waals surface area contributed by atoms with Crippen LogP contribution in [0.2, 0.25) is 0 Å². The van der Waals surface area contributed by atoms with Crippen LogP contribution in [0, 0.1) is 5.41 Å². The molecular formula is C24H27N3O3. The highest BCUT2D eigenvalue weighted by Crippen LogP contribution is 2.31. The van der Waals surface area contributed by atoms with Gasteiger partial charge in [0.25, 0.3) is 5.91 Å². The van der Waals surface area contributed by atoms with Gasteiger partial charge in [-0.25, -0.2) is 0 Å². The lowest BCUT2D eigenvalue weighted by Crippen LogP contribution is -2.30. The molecule has 0 spiro atoms. The van der Waals surface area contributed by atoms with Crippen LogP contribution in [0.25, 0.3) is 0 Å². The Morgan fingerprint density at radius 1 is 1.10 bits per heavy atom.